The Balaban J connectivity index is 2.86. The van der Waals surface area contributed by atoms with E-state index in [9.17, 15) is 9.59 Å². The molecular weight excluding hydrogens is 128 g/mol. The lowest BCUT2D eigenvalue weighted by Gasteiger charge is -2.11. The molecule has 1 aliphatic rings. The minimum absolute atomic E-state index is 0.132. The zero-order chi connectivity index (χ0) is 7.72. The fourth-order valence-electron chi connectivity index (χ4n) is 0.886. The number of ketones is 2. The molecule has 10 heavy (non-hydrogen) atoms. The molecule has 0 aromatic carbocycles. The van der Waals surface area contributed by atoms with Crippen molar-refractivity contribution in [3.05, 3.63) is 24.3 Å². The van der Waals surface area contributed by atoms with Gasteiger partial charge in [-0.05, 0) is 0 Å². The molecule has 0 heterocycles. The quantitative estimate of drug-likeness (QED) is 0.283. The van der Waals surface area contributed by atoms with E-state index in [2.05, 4.69) is 13.2 Å². The van der Waals surface area contributed by atoms with E-state index in [4.69, 9.17) is 0 Å². The van der Waals surface area contributed by atoms with Crippen molar-refractivity contribution in [3.63, 3.8) is 0 Å². The average Bonchev–Trinajstić information content (AvgIpc) is 1.82. The molecule has 1 aliphatic carbocycles. The van der Waals surface area contributed by atoms with Crippen LogP contribution in [0.2, 0.25) is 0 Å². The van der Waals surface area contributed by atoms with Gasteiger partial charge in [0.1, 0.15) is 0 Å². The summed E-state index contributed by atoms with van der Waals surface area (Å²) < 4.78 is 0. The van der Waals surface area contributed by atoms with E-state index in [1.165, 1.54) is 0 Å². The molecule has 52 valence electrons. The number of carbonyl (C=O) groups is 2. The van der Waals surface area contributed by atoms with Gasteiger partial charge in [0.2, 0.25) is 0 Å². The summed E-state index contributed by atoms with van der Waals surface area (Å²) in [5.41, 5.74) is 0.829. The number of rotatable bonds is 0. The molecule has 0 radical (unpaired) electrons. The largest absolute Gasteiger partial charge is 0.294 e. The minimum atomic E-state index is -0.179. The highest BCUT2D eigenvalue weighted by atomic mass is 16.1. The lowest BCUT2D eigenvalue weighted by atomic mass is 9.90. The van der Waals surface area contributed by atoms with Gasteiger partial charge in [-0.15, -0.1) is 0 Å². The second-order valence-electron chi connectivity index (χ2n) is 2.43. The van der Waals surface area contributed by atoms with Crippen molar-refractivity contribution in [1.29, 1.82) is 0 Å². The van der Waals surface area contributed by atoms with E-state index < -0.39 is 0 Å². The third kappa shape index (κ3) is 1.05. The van der Waals surface area contributed by atoms with E-state index >= 15 is 0 Å². The summed E-state index contributed by atoms with van der Waals surface area (Å²) in [6.07, 6.45) is 0.592. The van der Waals surface area contributed by atoms with Gasteiger partial charge in [-0.25, -0.2) is 0 Å². The lowest BCUT2D eigenvalue weighted by Crippen LogP contribution is -2.18. The Kier molecular flexibility index (Phi) is 1.53. The van der Waals surface area contributed by atoms with Crippen molar-refractivity contribution >= 4 is 11.6 Å². The predicted molar refractivity (Wildman–Crippen MR) is 37.5 cm³/mol. The molecular formula is C8H8O2. The first-order valence-electron chi connectivity index (χ1n) is 3.03. The molecule has 0 bridgehead atoms. The summed E-state index contributed by atoms with van der Waals surface area (Å²) in [5, 5.41) is 0. The van der Waals surface area contributed by atoms with E-state index in [0.29, 0.717) is 18.4 Å². The highest BCUT2D eigenvalue weighted by molar-refractivity contribution is 6.22. The molecule has 1 saturated carbocycles. The molecule has 0 N–H and O–H groups in total. The van der Waals surface area contributed by atoms with Gasteiger partial charge in [0.05, 0.1) is 5.57 Å². The topological polar surface area (TPSA) is 34.1 Å². The van der Waals surface area contributed by atoms with Gasteiger partial charge in [-0.2, -0.15) is 0 Å². The monoisotopic (exact) mass is 136 g/mol. The molecule has 0 aliphatic heterocycles. The fraction of sp³-hybridized carbons (Fsp3) is 0.250. The van der Waals surface area contributed by atoms with Crippen LogP contribution in [0.4, 0.5) is 0 Å². The van der Waals surface area contributed by atoms with E-state index in [-0.39, 0.29) is 17.1 Å². The van der Waals surface area contributed by atoms with Gasteiger partial charge in [0.15, 0.2) is 11.6 Å². The summed E-state index contributed by atoms with van der Waals surface area (Å²) in [7, 11) is 0. The van der Waals surface area contributed by atoms with Gasteiger partial charge in [0.25, 0.3) is 0 Å². The maximum Gasteiger partial charge on any atom is 0.169 e. The number of carbonyl (C=O) groups excluding carboxylic acids is 2. The molecule has 1 fully saturated rings. The predicted octanol–water partition coefficient (Wildman–Crippen LogP) is 1.03. The highest BCUT2D eigenvalue weighted by Gasteiger charge is 2.22. The molecule has 0 aromatic rings. The second-order valence-corrected chi connectivity index (χ2v) is 2.43. The van der Waals surface area contributed by atoms with Crippen LogP contribution in [0, 0.1) is 0 Å². The van der Waals surface area contributed by atoms with Crippen molar-refractivity contribution in [1.82, 2.24) is 0 Å². The van der Waals surface area contributed by atoms with Crippen LogP contribution < -0.4 is 0 Å². The zero-order valence-electron chi connectivity index (χ0n) is 5.64. The molecule has 0 amide bonds. The normalized spacial score (nSPS) is 20.0. The molecule has 2 heteroatoms. The van der Waals surface area contributed by atoms with Crippen molar-refractivity contribution in [2.45, 2.75) is 12.8 Å². The van der Waals surface area contributed by atoms with Crippen LogP contribution in [0.3, 0.4) is 0 Å². The molecule has 0 aromatic heterocycles. The average molecular weight is 136 g/mol. The Morgan fingerprint density at radius 3 is 1.80 bits per heavy atom. The molecule has 0 atom stereocenters. The standard InChI is InChI=1S/C8H8O2/c1-5-3-7(9)6(2)8(10)4-5/h1-4H2. The van der Waals surface area contributed by atoms with Crippen LogP contribution in [0.5, 0.6) is 0 Å². The number of hydrogen-bond donors (Lipinski definition) is 0. The van der Waals surface area contributed by atoms with Crippen LogP contribution in [0.25, 0.3) is 0 Å². The molecule has 0 saturated heterocycles. The zero-order valence-corrected chi connectivity index (χ0v) is 5.64. The molecule has 0 unspecified atom stereocenters. The van der Waals surface area contributed by atoms with Gasteiger partial charge in [-0.3, -0.25) is 9.59 Å². The van der Waals surface area contributed by atoms with E-state index in [1.54, 1.807) is 0 Å². The SMILES string of the molecule is C=C1CC(=O)C(=C)C(=O)C1. The first-order chi connectivity index (χ1) is 4.61. The van der Waals surface area contributed by atoms with E-state index in [1.807, 2.05) is 0 Å². The summed E-state index contributed by atoms with van der Waals surface area (Å²) in [4.78, 5) is 21.7. The number of allylic oxidation sites excluding steroid dienone is 2. The Morgan fingerprint density at radius 1 is 1.00 bits per heavy atom. The van der Waals surface area contributed by atoms with Crippen molar-refractivity contribution < 1.29 is 9.59 Å². The van der Waals surface area contributed by atoms with Crippen molar-refractivity contribution in [3.8, 4) is 0 Å². The maximum absolute atomic E-state index is 10.8. The number of Topliss-reactive ketones (excluding diaryl/α,β-unsaturated/α-hetero) is 2. The lowest BCUT2D eigenvalue weighted by molar-refractivity contribution is -0.122. The first kappa shape index (κ1) is 6.93. The summed E-state index contributed by atoms with van der Waals surface area (Å²) in [6.45, 7) is 6.94. The Labute approximate surface area is 59.2 Å². The van der Waals surface area contributed by atoms with Crippen molar-refractivity contribution in [2.24, 2.45) is 0 Å². The highest BCUT2D eigenvalue weighted by Crippen LogP contribution is 2.18. The Morgan fingerprint density at radius 2 is 1.40 bits per heavy atom. The maximum atomic E-state index is 10.8. The van der Waals surface area contributed by atoms with Crippen LogP contribution in [0.1, 0.15) is 12.8 Å². The van der Waals surface area contributed by atoms with Crippen LogP contribution in [0.15, 0.2) is 24.3 Å². The molecule has 2 nitrogen and oxygen atoms in total. The summed E-state index contributed by atoms with van der Waals surface area (Å²) in [5.74, 6) is -0.359. The van der Waals surface area contributed by atoms with E-state index in [0.717, 1.165) is 0 Å². The Hall–Kier alpha value is -1.18. The second kappa shape index (κ2) is 2.21. The first-order valence-corrected chi connectivity index (χ1v) is 3.03. The van der Waals surface area contributed by atoms with Gasteiger partial charge < -0.3 is 0 Å². The van der Waals surface area contributed by atoms with Crippen LogP contribution in [-0.2, 0) is 9.59 Å². The Bertz CT molecular complexity index is 214. The van der Waals surface area contributed by atoms with Gasteiger partial charge >= 0.3 is 0 Å². The summed E-state index contributed by atoms with van der Waals surface area (Å²) in [6, 6.07) is 0. The fourth-order valence-corrected chi connectivity index (χ4v) is 0.886. The number of hydrogen-bond acceptors (Lipinski definition) is 2. The van der Waals surface area contributed by atoms with Crippen molar-refractivity contribution in [2.75, 3.05) is 0 Å². The molecule has 0 spiro atoms. The van der Waals surface area contributed by atoms with Gasteiger partial charge in [-0.1, -0.05) is 18.7 Å². The molecule has 1 rings (SSSR count). The van der Waals surface area contributed by atoms with Crippen LogP contribution in [-0.4, -0.2) is 11.6 Å². The third-order valence-electron chi connectivity index (χ3n) is 1.49. The van der Waals surface area contributed by atoms with Crippen LogP contribution >= 0.6 is 0 Å². The smallest absolute Gasteiger partial charge is 0.169 e. The van der Waals surface area contributed by atoms with Gasteiger partial charge in [0, 0.05) is 12.8 Å². The summed E-state index contributed by atoms with van der Waals surface area (Å²) >= 11 is 0. The third-order valence-corrected chi connectivity index (χ3v) is 1.49. The minimum Gasteiger partial charge on any atom is -0.294 e.